The molecule has 3 rings (SSSR count). The van der Waals surface area contributed by atoms with Gasteiger partial charge in [-0.25, -0.2) is 9.78 Å². The largest absolute Gasteiger partial charge is 0.477 e. The fraction of sp³-hybridized carbons (Fsp3) is 0.267. The average Bonchev–Trinajstić information content (AvgIpc) is 3.08. The number of fused-ring (bicyclic) bond motifs is 1. The second-order valence-electron chi connectivity index (χ2n) is 5.44. The van der Waals surface area contributed by atoms with Gasteiger partial charge < -0.3 is 21.0 Å². The zero-order valence-electron chi connectivity index (χ0n) is 14.4. The van der Waals surface area contributed by atoms with Gasteiger partial charge in [0.1, 0.15) is 29.9 Å². The van der Waals surface area contributed by atoms with Gasteiger partial charge in [-0.05, 0) is 5.57 Å². The number of carboxylic acids is 1. The number of carbonyl (C=O) groups excluding carboxylic acids is 2. The van der Waals surface area contributed by atoms with Gasteiger partial charge in [-0.15, -0.1) is 35.5 Å². The van der Waals surface area contributed by atoms with Crippen LogP contribution >= 0.6 is 35.5 Å². The molecule has 2 atom stereocenters. The Morgan fingerprint density at radius 1 is 1.57 bits per heavy atom. The van der Waals surface area contributed by atoms with E-state index in [9.17, 15) is 19.5 Å². The lowest BCUT2D eigenvalue weighted by molar-refractivity contribution is -0.150. The predicted octanol–water partition coefficient (Wildman–Crippen LogP) is 0.422. The highest BCUT2D eigenvalue weighted by molar-refractivity contribution is 8.00. The molecule has 1 aromatic heterocycles. The van der Waals surface area contributed by atoms with Gasteiger partial charge in [0.25, 0.3) is 11.8 Å². The first-order valence-corrected chi connectivity index (χ1v) is 9.48. The zero-order chi connectivity index (χ0) is 19.7. The van der Waals surface area contributed by atoms with Crippen LogP contribution in [0.3, 0.4) is 0 Å². The Kier molecular flexibility index (Phi) is 6.69. The van der Waals surface area contributed by atoms with E-state index in [-0.39, 0.29) is 34.6 Å². The van der Waals surface area contributed by atoms with Crippen LogP contribution in [0.1, 0.15) is 5.69 Å². The molecule has 0 bridgehead atoms. The summed E-state index contributed by atoms with van der Waals surface area (Å²) >= 11 is 2.47. The number of carbonyl (C=O) groups is 3. The summed E-state index contributed by atoms with van der Waals surface area (Å²) in [7, 11) is 1.27. The third-order valence-corrected chi connectivity index (χ3v) is 5.87. The van der Waals surface area contributed by atoms with Crippen molar-refractivity contribution in [2.24, 2.45) is 5.16 Å². The minimum atomic E-state index is -1.21. The van der Waals surface area contributed by atoms with Gasteiger partial charge in [-0.1, -0.05) is 17.8 Å². The van der Waals surface area contributed by atoms with E-state index < -0.39 is 29.2 Å². The summed E-state index contributed by atoms with van der Waals surface area (Å²) in [6.45, 7) is 3.58. The molecule has 2 aliphatic heterocycles. The molecule has 4 N–H and O–H groups in total. The molecule has 1 saturated heterocycles. The molecule has 2 amide bonds. The molecule has 0 spiro atoms. The number of hydrogen-bond donors (Lipinski definition) is 3. The number of nitrogens with zero attached hydrogens (tertiary/aromatic N) is 3. The van der Waals surface area contributed by atoms with Crippen LogP contribution in [0.4, 0.5) is 5.13 Å². The highest BCUT2D eigenvalue weighted by Gasteiger charge is 2.54. The fourth-order valence-corrected chi connectivity index (χ4v) is 4.59. The first-order chi connectivity index (χ1) is 12.9. The highest BCUT2D eigenvalue weighted by atomic mass is 35.5. The molecular formula is C15H16ClN5O5S2. The van der Waals surface area contributed by atoms with Crippen molar-refractivity contribution in [3.63, 3.8) is 0 Å². The van der Waals surface area contributed by atoms with Crippen molar-refractivity contribution in [1.29, 1.82) is 0 Å². The van der Waals surface area contributed by atoms with Crippen molar-refractivity contribution in [2.75, 3.05) is 18.6 Å². The molecule has 2 aliphatic rings. The van der Waals surface area contributed by atoms with E-state index in [1.165, 1.54) is 24.9 Å². The number of β-lactam (4-membered cyclic amide) rings is 1. The normalized spacial score (nSPS) is 21.2. The number of aromatic nitrogens is 1. The Balaban J connectivity index is 0.00000280. The molecular weight excluding hydrogens is 430 g/mol. The predicted molar refractivity (Wildman–Crippen MR) is 107 cm³/mol. The molecule has 0 aromatic carbocycles. The maximum atomic E-state index is 12.6. The number of anilines is 1. The minimum Gasteiger partial charge on any atom is -0.477 e. The van der Waals surface area contributed by atoms with Gasteiger partial charge >= 0.3 is 5.97 Å². The number of halogens is 1. The first kappa shape index (κ1) is 21.7. The summed E-state index contributed by atoms with van der Waals surface area (Å²) in [5.41, 5.74) is 6.02. The summed E-state index contributed by atoms with van der Waals surface area (Å²) in [5.74, 6) is -2.04. The van der Waals surface area contributed by atoms with Crippen LogP contribution < -0.4 is 11.1 Å². The van der Waals surface area contributed by atoms with Crippen molar-refractivity contribution in [3.8, 4) is 0 Å². The number of nitrogens with two attached hydrogens (primary N) is 1. The molecule has 150 valence electrons. The lowest BCUT2D eigenvalue weighted by Crippen LogP contribution is -2.71. The monoisotopic (exact) mass is 445 g/mol. The van der Waals surface area contributed by atoms with Crippen LogP contribution in [-0.4, -0.2) is 62.8 Å². The van der Waals surface area contributed by atoms with Gasteiger partial charge in [0.15, 0.2) is 10.8 Å². The highest BCUT2D eigenvalue weighted by Crippen LogP contribution is 2.40. The van der Waals surface area contributed by atoms with E-state index in [2.05, 4.69) is 26.9 Å². The molecule has 0 radical (unpaired) electrons. The summed E-state index contributed by atoms with van der Waals surface area (Å²) in [6, 6.07) is -0.888. The van der Waals surface area contributed by atoms with Gasteiger partial charge in [-0.2, -0.15) is 0 Å². The number of oxime groups is 1. The third kappa shape index (κ3) is 3.70. The number of carboxylic acid groups (broad SMARTS) is 1. The molecule has 1 fully saturated rings. The summed E-state index contributed by atoms with van der Waals surface area (Å²) < 4.78 is 0. The zero-order valence-corrected chi connectivity index (χ0v) is 16.9. The number of thiazole rings is 1. The van der Waals surface area contributed by atoms with Crippen LogP contribution in [0.15, 0.2) is 34.5 Å². The summed E-state index contributed by atoms with van der Waals surface area (Å²) in [5, 5.41) is 16.9. The van der Waals surface area contributed by atoms with Crippen molar-refractivity contribution in [3.05, 3.63) is 35.0 Å². The van der Waals surface area contributed by atoms with Gasteiger partial charge in [0, 0.05) is 11.1 Å². The molecule has 3 heterocycles. The molecule has 1 aromatic rings. The Morgan fingerprint density at radius 3 is 2.82 bits per heavy atom. The molecule has 0 saturated carbocycles. The van der Waals surface area contributed by atoms with Crippen molar-refractivity contribution in [1.82, 2.24) is 15.2 Å². The smallest absolute Gasteiger partial charge is 0.352 e. The number of rotatable bonds is 6. The topological polar surface area (TPSA) is 147 Å². The maximum absolute atomic E-state index is 12.6. The number of hydrogen-bond acceptors (Lipinski definition) is 9. The number of aliphatic carboxylic acids is 1. The average molecular weight is 446 g/mol. The van der Waals surface area contributed by atoms with E-state index in [0.717, 1.165) is 16.2 Å². The van der Waals surface area contributed by atoms with E-state index in [4.69, 9.17) is 5.73 Å². The van der Waals surface area contributed by atoms with Gasteiger partial charge in [-0.3, -0.25) is 14.5 Å². The van der Waals surface area contributed by atoms with E-state index in [1.807, 2.05) is 0 Å². The molecule has 0 aliphatic carbocycles. The van der Waals surface area contributed by atoms with Crippen LogP contribution in [-0.2, 0) is 19.2 Å². The number of nitrogens with one attached hydrogen (secondary N) is 1. The van der Waals surface area contributed by atoms with Crippen LogP contribution in [0.25, 0.3) is 0 Å². The number of thioether (sulfide) groups is 1. The van der Waals surface area contributed by atoms with Gasteiger partial charge in [0.2, 0.25) is 0 Å². The second-order valence-corrected chi connectivity index (χ2v) is 7.43. The van der Waals surface area contributed by atoms with E-state index >= 15 is 0 Å². The molecule has 2 unspecified atom stereocenters. The van der Waals surface area contributed by atoms with Crippen LogP contribution in [0, 0.1) is 0 Å². The SMILES string of the molecule is C=CC1=C(C(=O)O)N2C(=O)C(NC(=O)/C(=N/OC)c3csc(N)n3)C2SC1.Cl. The fourth-order valence-electron chi connectivity index (χ4n) is 2.70. The Hall–Kier alpha value is -2.57. The number of allylic oxidation sites excluding steroid dienone is 1. The Bertz CT molecular complexity index is 899. The quantitative estimate of drug-likeness (QED) is 0.324. The Labute approximate surface area is 173 Å². The van der Waals surface area contributed by atoms with Crippen molar-refractivity contribution >= 4 is 64.1 Å². The minimum absolute atomic E-state index is 0. The molecule has 10 nitrogen and oxygen atoms in total. The lowest BCUT2D eigenvalue weighted by Gasteiger charge is -2.49. The van der Waals surface area contributed by atoms with E-state index in [1.54, 1.807) is 5.38 Å². The standard InChI is InChI=1S/C15H15N5O5S2.ClH/c1-3-6-4-26-13-9(12(22)20(13)10(6)14(23)24)18-11(21)8(19-25-2)7-5-27-15(16)17-7;/h3,5,9,13H,1,4H2,2H3,(H2,16,17)(H,18,21)(H,23,24);1H/b19-8+;. The van der Waals surface area contributed by atoms with Crippen molar-refractivity contribution < 1.29 is 24.3 Å². The van der Waals surface area contributed by atoms with Crippen molar-refractivity contribution in [2.45, 2.75) is 11.4 Å². The Morgan fingerprint density at radius 2 is 2.29 bits per heavy atom. The third-order valence-electron chi connectivity index (χ3n) is 3.90. The summed E-state index contributed by atoms with van der Waals surface area (Å²) in [4.78, 5) is 46.4. The van der Waals surface area contributed by atoms with Crippen LogP contribution in [0.2, 0.25) is 0 Å². The summed E-state index contributed by atoms with van der Waals surface area (Å²) in [6.07, 6.45) is 1.42. The molecule has 28 heavy (non-hydrogen) atoms. The lowest BCUT2D eigenvalue weighted by atomic mass is 10.0. The second kappa shape index (κ2) is 8.63. The first-order valence-electron chi connectivity index (χ1n) is 7.56. The van der Waals surface area contributed by atoms with Crippen LogP contribution in [0.5, 0.6) is 0 Å². The number of amides is 2. The van der Waals surface area contributed by atoms with Gasteiger partial charge in [0.05, 0.1) is 0 Å². The van der Waals surface area contributed by atoms with E-state index in [0.29, 0.717) is 11.3 Å². The number of nitrogen functional groups attached to an aromatic ring is 1. The maximum Gasteiger partial charge on any atom is 0.352 e. The molecule has 13 heteroatoms.